The molecule has 0 atom stereocenters. The number of benzene rings is 8. The van der Waals surface area contributed by atoms with Crippen LogP contribution in [-0.2, 0) is 0 Å². The van der Waals surface area contributed by atoms with E-state index in [1.165, 1.54) is 36.5 Å². The van der Waals surface area contributed by atoms with Crippen LogP contribution in [0.2, 0.25) is 0 Å². The van der Waals surface area contributed by atoms with Crippen LogP contribution in [0.15, 0.2) is 185 Å². The van der Waals surface area contributed by atoms with Gasteiger partial charge in [-0.3, -0.25) is 0 Å². The Balaban J connectivity index is 1.08. The molecule has 0 aliphatic carbocycles. The van der Waals surface area contributed by atoms with E-state index in [9.17, 15) is 0 Å². The van der Waals surface area contributed by atoms with E-state index in [-0.39, 0.29) is 0 Å². The van der Waals surface area contributed by atoms with Crippen LogP contribution in [0.5, 0.6) is 0 Å². The van der Waals surface area contributed by atoms with Gasteiger partial charge in [-0.1, -0.05) is 78.9 Å². The summed E-state index contributed by atoms with van der Waals surface area (Å²) in [6, 6.07) is 62.1. The molecule has 0 unspecified atom stereocenters. The molecule has 0 fully saturated rings. The lowest BCUT2D eigenvalue weighted by Gasteiger charge is -2.26. The Morgan fingerprint density at radius 3 is 2.07 bits per heavy atom. The molecular weight excluding hydrogens is 695 g/mol. The molecule has 55 heavy (non-hydrogen) atoms. The zero-order valence-electron chi connectivity index (χ0n) is 29.3. The Morgan fingerprint density at radius 2 is 1.18 bits per heavy atom. The Morgan fingerprint density at radius 1 is 0.473 bits per heavy atom. The number of fused-ring (bicyclic) bond motifs is 10. The number of aromatic nitrogens is 2. The molecular formula is C49H29N3O2S. The van der Waals surface area contributed by atoms with E-state index in [0.717, 1.165) is 66.9 Å². The van der Waals surface area contributed by atoms with Gasteiger partial charge in [-0.2, -0.15) is 0 Å². The smallest absolute Gasteiger partial charge is 0.227 e. The van der Waals surface area contributed by atoms with Crippen molar-refractivity contribution in [1.82, 2.24) is 9.55 Å². The third-order valence-corrected chi connectivity index (χ3v) is 11.9. The summed E-state index contributed by atoms with van der Waals surface area (Å²) in [6.45, 7) is 0. The number of thiophene rings is 1. The van der Waals surface area contributed by atoms with Crippen molar-refractivity contribution in [3.63, 3.8) is 0 Å². The molecule has 5 nitrogen and oxygen atoms in total. The number of hydrogen-bond donors (Lipinski definition) is 0. The van der Waals surface area contributed by atoms with E-state index in [2.05, 4.69) is 149 Å². The summed E-state index contributed by atoms with van der Waals surface area (Å²) >= 11 is 1.83. The van der Waals surface area contributed by atoms with Crippen molar-refractivity contribution in [2.24, 2.45) is 0 Å². The van der Waals surface area contributed by atoms with Gasteiger partial charge in [-0.05, 0) is 84.9 Å². The number of rotatable bonds is 5. The number of oxazole rings is 1. The Kier molecular flexibility index (Phi) is 6.44. The molecule has 4 heterocycles. The third kappa shape index (κ3) is 4.62. The van der Waals surface area contributed by atoms with Crippen molar-refractivity contribution in [3.8, 4) is 17.1 Å². The lowest BCUT2D eigenvalue weighted by Crippen LogP contribution is -2.10. The normalized spacial score (nSPS) is 12.0. The molecule has 0 saturated heterocycles. The maximum absolute atomic E-state index is 6.65. The van der Waals surface area contributed by atoms with Crippen molar-refractivity contribution in [3.05, 3.63) is 176 Å². The van der Waals surface area contributed by atoms with Gasteiger partial charge in [0.1, 0.15) is 16.7 Å². The third-order valence-electron chi connectivity index (χ3n) is 10.8. The van der Waals surface area contributed by atoms with Gasteiger partial charge in [0.25, 0.3) is 0 Å². The van der Waals surface area contributed by atoms with E-state index in [1.54, 1.807) is 0 Å². The van der Waals surface area contributed by atoms with Crippen LogP contribution in [0.3, 0.4) is 0 Å². The summed E-state index contributed by atoms with van der Waals surface area (Å²) in [7, 11) is 0. The van der Waals surface area contributed by atoms with E-state index in [4.69, 9.17) is 13.8 Å². The first-order chi connectivity index (χ1) is 27.2. The Labute approximate surface area is 318 Å². The van der Waals surface area contributed by atoms with Crippen LogP contribution < -0.4 is 4.90 Å². The second-order valence-corrected chi connectivity index (χ2v) is 15.0. The number of anilines is 3. The Bertz CT molecular complexity index is 3450. The summed E-state index contributed by atoms with van der Waals surface area (Å²) in [5.41, 5.74) is 10.7. The van der Waals surface area contributed by atoms with Gasteiger partial charge < -0.3 is 18.3 Å². The van der Waals surface area contributed by atoms with Crippen LogP contribution >= 0.6 is 11.3 Å². The fourth-order valence-corrected chi connectivity index (χ4v) is 9.48. The topological polar surface area (TPSA) is 47.3 Å². The molecule has 12 aromatic rings. The highest BCUT2D eigenvalue weighted by Crippen LogP contribution is 2.47. The van der Waals surface area contributed by atoms with Gasteiger partial charge in [0.2, 0.25) is 5.89 Å². The summed E-state index contributed by atoms with van der Waals surface area (Å²) in [5, 5.41) is 6.92. The van der Waals surface area contributed by atoms with Crippen molar-refractivity contribution in [1.29, 1.82) is 0 Å². The van der Waals surface area contributed by atoms with Gasteiger partial charge >= 0.3 is 0 Å². The van der Waals surface area contributed by atoms with Crippen LogP contribution in [0.1, 0.15) is 0 Å². The lowest BCUT2D eigenvalue weighted by atomic mass is 10.1. The molecule has 0 amide bonds. The first kappa shape index (κ1) is 30.3. The zero-order valence-corrected chi connectivity index (χ0v) is 30.1. The molecule has 0 spiro atoms. The molecule has 6 heteroatoms. The molecule has 0 aliphatic rings. The summed E-state index contributed by atoms with van der Waals surface area (Å²) in [4.78, 5) is 7.20. The van der Waals surface area contributed by atoms with Crippen molar-refractivity contribution >= 4 is 103 Å². The maximum atomic E-state index is 6.65. The van der Waals surface area contributed by atoms with Gasteiger partial charge in [0, 0.05) is 76.5 Å². The van der Waals surface area contributed by atoms with E-state index in [0.29, 0.717) is 5.89 Å². The van der Waals surface area contributed by atoms with Gasteiger partial charge in [0.15, 0.2) is 5.58 Å². The largest absolute Gasteiger partial charge is 0.456 e. The van der Waals surface area contributed by atoms with Gasteiger partial charge in [0.05, 0.1) is 16.7 Å². The van der Waals surface area contributed by atoms with Crippen LogP contribution in [0, 0.1) is 0 Å². The average Bonchev–Trinajstić information content (AvgIpc) is 4.01. The SMILES string of the molecule is c1ccc(-c2nc3cc4oc5cc(N(c6ccc7c(c6)c6ccccc6n7-c6ccccc6)c6cccc7sc8ccccc8c67)ccc5c4cc3o2)cc1. The molecule has 0 saturated carbocycles. The number of hydrogen-bond acceptors (Lipinski definition) is 5. The number of para-hydroxylation sites is 2. The molecule has 0 aliphatic heterocycles. The van der Waals surface area contributed by atoms with E-state index < -0.39 is 0 Å². The molecule has 8 aromatic carbocycles. The number of nitrogens with zero attached hydrogens (tertiary/aromatic N) is 3. The predicted octanol–water partition coefficient (Wildman–Crippen LogP) is 14.3. The maximum Gasteiger partial charge on any atom is 0.227 e. The minimum absolute atomic E-state index is 0.601. The molecule has 0 N–H and O–H groups in total. The zero-order chi connectivity index (χ0) is 36.0. The van der Waals surface area contributed by atoms with E-state index >= 15 is 0 Å². The first-order valence-electron chi connectivity index (χ1n) is 18.4. The standard InChI is InChI=1S/C49H29N3O2S/c1-3-12-30(13-4-1)49-50-39-29-44-38(28-45(39)54-49)35-24-22-33(27-43(35)53-44)51(42-19-11-21-47-48(42)36-17-8-10-20-46(36)55-47)32-23-25-41-37(26-32)34-16-7-9-18-40(34)52(41)31-14-5-2-6-15-31/h1-29H. The van der Waals surface area contributed by atoms with Gasteiger partial charge in [-0.25, -0.2) is 4.98 Å². The molecule has 258 valence electrons. The average molecular weight is 724 g/mol. The van der Waals surface area contributed by atoms with Crippen LogP contribution in [0.4, 0.5) is 17.1 Å². The minimum atomic E-state index is 0.601. The monoisotopic (exact) mass is 723 g/mol. The molecule has 12 rings (SSSR count). The van der Waals surface area contributed by atoms with Crippen LogP contribution in [0.25, 0.3) is 92.2 Å². The highest BCUT2D eigenvalue weighted by atomic mass is 32.1. The summed E-state index contributed by atoms with van der Waals surface area (Å²) in [5.74, 6) is 0.601. The number of furan rings is 1. The molecule has 0 bridgehead atoms. The molecule has 4 aromatic heterocycles. The van der Waals surface area contributed by atoms with E-state index in [1.807, 2.05) is 47.7 Å². The quantitative estimate of drug-likeness (QED) is 0.177. The Hall–Kier alpha value is -7.15. The highest BCUT2D eigenvalue weighted by Gasteiger charge is 2.22. The van der Waals surface area contributed by atoms with Crippen LogP contribution in [-0.4, -0.2) is 9.55 Å². The second kappa shape index (κ2) is 11.7. The fourth-order valence-electron chi connectivity index (χ4n) is 8.35. The van der Waals surface area contributed by atoms with Crippen molar-refractivity contribution in [2.75, 3.05) is 4.90 Å². The highest BCUT2D eigenvalue weighted by molar-refractivity contribution is 7.26. The van der Waals surface area contributed by atoms with Gasteiger partial charge in [-0.15, -0.1) is 11.3 Å². The summed E-state index contributed by atoms with van der Waals surface area (Å²) in [6.07, 6.45) is 0. The predicted molar refractivity (Wildman–Crippen MR) is 229 cm³/mol. The minimum Gasteiger partial charge on any atom is -0.456 e. The van der Waals surface area contributed by atoms with Crippen molar-refractivity contribution in [2.45, 2.75) is 0 Å². The lowest BCUT2D eigenvalue weighted by molar-refractivity contribution is 0.620. The fraction of sp³-hybridized carbons (Fsp3) is 0. The van der Waals surface area contributed by atoms with Crippen molar-refractivity contribution < 1.29 is 8.83 Å². The first-order valence-corrected chi connectivity index (χ1v) is 19.2. The molecule has 0 radical (unpaired) electrons. The summed E-state index contributed by atoms with van der Waals surface area (Å²) < 4.78 is 17.8. The second-order valence-electron chi connectivity index (χ2n) is 14.0.